The normalized spacial score (nSPS) is 15.5. The van der Waals surface area contributed by atoms with Gasteiger partial charge in [-0.05, 0) is 50.5 Å². The Kier molecular flexibility index (Phi) is 6.67. The van der Waals surface area contributed by atoms with Gasteiger partial charge < -0.3 is 15.0 Å². The number of methoxy groups -OCH3 is 1. The van der Waals surface area contributed by atoms with Gasteiger partial charge in [-0.25, -0.2) is 9.97 Å². The van der Waals surface area contributed by atoms with Gasteiger partial charge >= 0.3 is 0 Å². The van der Waals surface area contributed by atoms with E-state index in [4.69, 9.17) is 4.74 Å². The summed E-state index contributed by atoms with van der Waals surface area (Å²) < 4.78 is 6.90. The third-order valence-electron chi connectivity index (χ3n) is 5.81. The summed E-state index contributed by atoms with van der Waals surface area (Å²) in [7, 11) is 1.61. The van der Waals surface area contributed by atoms with Crippen molar-refractivity contribution in [2.75, 3.05) is 13.7 Å². The van der Waals surface area contributed by atoms with Crippen LogP contribution in [0.15, 0.2) is 42.7 Å². The zero-order chi connectivity index (χ0) is 23.4. The number of ether oxygens (including phenoxy) is 1. The Hall–Kier alpha value is -3.75. The van der Waals surface area contributed by atoms with Gasteiger partial charge in [-0.3, -0.25) is 14.3 Å². The number of amides is 2. The number of hydrogen-bond donors (Lipinski definition) is 1. The van der Waals surface area contributed by atoms with E-state index < -0.39 is 0 Å². The standard InChI is InChI=1S/C24H28N6O3/c1-4-29-13-11-20(28-29)24(32)30-12-5-6-21(30)22-19(15-25-16(2)27-22)23(31)26-14-17-7-9-18(33-3)10-8-17/h7-11,13,15,21H,4-6,12,14H2,1-3H3,(H,26,31). The number of hydrogen-bond acceptors (Lipinski definition) is 6. The monoisotopic (exact) mass is 448 g/mol. The zero-order valence-electron chi connectivity index (χ0n) is 19.1. The molecule has 3 aromatic rings. The van der Waals surface area contributed by atoms with Crippen molar-refractivity contribution in [1.29, 1.82) is 0 Å². The molecule has 1 aliphatic heterocycles. The molecule has 0 saturated carbocycles. The van der Waals surface area contributed by atoms with Crippen LogP contribution in [-0.4, -0.2) is 50.1 Å². The molecule has 0 radical (unpaired) electrons. The second-order valence-corrected chi connectivity index (χ2v) is 7.96. The molecule has 1 aromatic carbocycles. The summed E-state index contributed by atoms with van der Waals surface area (Å²) in [5.74, 6) is 0.904. The Morgan fingerprint density at radius 3 is 2.70 bits per heavy atom. The molecule has 33 heavy (non-hydrogen) atoms. The molecule has 1 unspecified atom stereocenters. The SMILES string of the molecule is CCn1ccc(C(=O)N2CCCC2c2nc(C)ncc2C(=O)NCc2ccc(OC)cc2)n1. The molecule has 0 aliphatic carbocycles. The van der Waals surface area contributed by atoms with Crippen LogP contribution >= 0.6 is 0 Å². The van der Waals surface area contributed by atoms with E-state index in [9.17, 15) is 9.59 Å². The first-order valence-corrected chi connectivity index (χ1v) is 11.1. The lowest BCUT2D eigenvalue weighted by molar-refractivity contribution is 0.0722. The number of benzene rings is 1. The van der Waals surface area contributed by atoms with Crippen molar-refractivity contribution < 1.29 is 14.3 Å². The van der Waals surface area contributed by atoms with Gasteiger partial charge in [-0.2, -0.15) is 5.10 Å². The molecule has 1 aliphatic rings. The molecule has 2 aromatic heterocycles. The van der Waals surface area contributed by atoms with Gasteiger partial charge in [0.25, 0.3) is 11.8 Å². The van der Waals surface area contributed by atoms with Crippen molar-refractivity contribution in [3.05, 3.63) is 71.1 Å². The van der Waals surface area contributed by atoms with Crippen LogP contribution in [0.3, 0.4) is 0 Å². The van der Waals surface area contributed by atoms with Crippen molar-refractivity contribution in [3.8, 4) is 5.75 Å². The van der Waals surface area contributed by atoms with Crippen LogP contribution in [0.1, 0.15) is 63.7 Å². The number of aromatic nitrogens is 4. The average Bonchev–Trinajstić information content (AvgIpc) is 3.52. The lowest BCUT2D eigenvalue weighted by Gasteiger charge is -2.25. The lowest BCUT2D eigenvalue weighted by Crippen LogP contribution is -2.33. The van der Waals surface area contributed by atoms with E-state index in [2.05, 4.69) is 20.4 Å². The highest BCUT2D eigenvalue weighted by Crippen LogP contribution is 2.33. The fourth-order valence-corrected chi connectivity index (χ4v) is 4.03. The molecular weight excluding hydrogens is 420 g/mol. The maximum atomic E-state index is 13.2. The minimum absolute atomic E-state index is 0.148. The Bertz CT molecular complexity index is 1140. The van der Waals surface area contributed by atoms with E-state index in [-0.39, 0.29) is 17.9 Å². The van der Waals surface area contributed by atoms with Gasteiger partial charge in [-0.1, -0.05) is 12.1 Å². The molecule has 9 heteroatoms. The summed E-state index contributed by atoms with van der Waals surface area (Å²) in [5.41, 5.74) is 2.32. The van der Waals surface area contributed by atoms with Gasteiger partial charge in [0.1, 0.15) is 17.3 Å². The highest BCUT2D eigenvalue weighted by atomic mass is 16.5. The molecule has 0 spiro atoms. The summed E-state index contributed by atoms with van der Waals surface area (Å²) in [5, 5.41) is 7.30. The van der Waals surface area contributed by atoms with Gasteiger partial charge in [-0.15, -0.1) is 0 Å². The summed E-state index contributed by atoms with van der Waals surface area (Å²) in [6.45, 7) is 5.41. The Balaban J connectivity index is 1.55. The van der Waals surface area contributed by atoms with Crippen molar-refractivity contribution >= 4 is 11.8 Å². The maximum Gasteiger partial charge on any atom is 0.274 e. The van der Waals surface area contributed by atoms with Gasteiger partial charge in [0.2, 0.25) is 0 Å². The van der Waals surface area contributed by atoms with Gasteiger partial charge in [0.15, 0.2) is 0 Å². The first-order valence-electron chi connectivity index (χ1n) is 11.1. The second kappa shape index (κ2) is 9.81. The van der Waals surface area contributed by atoms with Crippen molar-refractivity contribution in [2.24, 2.45) is 0 Å². The minimum atomic E-state index is -0.298. The molecule has 172 valence electrons. The fourth-order valence-electron chi connectivity index (χ4n) is 4.03. The van der Waals surface area contributed by atoms with Crippen LogP contribution in [0.2, 0.25) is 0 Å². The van der Waals surface area contributed by atoms with Crippen molar-refractivity contribution in [2.45, 2.75) is 45.8 Å². The Morgan fingerprint density at radius 1 is 1.21 bits per heavy atom. The maximum absolute atomic E-state index is 13.2. The lowest BCUT2D eigenvalue weighted by atomic mass is 10.0. The fraction of sp³-hybridized carbons (Fsp3) is 0.375. The van der Waals surface area contributed by atoms with Crippen LogP contribution in [-0.2, 0) is 13.1 Å². The Labute approximate surface area is 192 Å². The number of rotatable bonds is 7. The molecule has 1 N–H and O–H groups in total. The largest absolute Gasteiger partial charge is 0.497 e. The summed E-state index contributed by atoms with van der Waals surface area (Å²) in [6, 6.07) is 8.94. The first-order chi connectivity index (χ1) is 16.0. The molecule has 0 bridgehead atoms. The summed E-state index contributed by atoms with van der Waals surface area (Å²) in [4.78, 5) is 36.9. The summed E-state index contributed by atoms with van der Waals surface area (Å²) >= 11 is 0. The van der Waals surface area contributed by atoms with Gasteiger partial charge in [0.05, 0.1) is 24.4 Å². The topological polar surface area (TPSA) is 102 Å². The molecule has 4 rings (SSSR count). The number of carbonyl (C=O) groups is 2. The number of carbonyl (C=O) groups excluding carboxylic acids is 2. The molecule has 1 fully saturated rings. The molecule has 9 nitrogen and oxygen atoms in total. The minimum Gasteiger partial charge on any atom is -0.497 e. The van der Waals surface area contributed by atoms with E-state index in [1.54, 1.807) is 42.1 Å². The predicted molar refractivity (Wildman–Crippen MR) is 122 cm³/mol. The predicted octanol–water partition coefficient (Wildman–Crippen LogP) is 2.92. The number of nitrogens with one attached hydrogen (secondary N) is 1. The van der Waals surface area contributed by atoms with Crippen LogP contribution in [0, 0.1) is 6.92 Å². The van der Waals surface area contributed by atoms with E-state index in [0.29, 0.717) is 42.4 Å². The summed E-state index contributed by atoms with van der Waals surface area (Å²) in [6.07, 6.45) is 4.91. The van der Waals surface area contributed by atoms with Gasteiger partial charge in [0, 0.05) is 32.0 Å². The molecular formula is C24H28N6O3. The second-order valence-electron chi connectivity index (χ2n) is 7.96. The zero-order valence-corrected chi connectivity index (χ0v) is 19.1. The van der Waals surface area contributed by atoms with E-state index in [1.807, 2.05) is 31.2 Å². The van der Waals surface area contributed by atoms with E-state index >= 15 is 0 Å². The molecule has 3 heterocycles. The van der Waals surface area contributed by atoms with Crippen LogP contribution < -0.4 is 10.1 Å². The highest BCUT2D eigenvalue weighted by Gasteiger charge is 2.35. The Morgan fingerprint density at radius 2 is 2.00 bits per heavy atom. The third-order valence-corrected chi connectivity index (χ3v) is 5.81. The van der Waals surface area contributed by atoms with E-state index in [1.165, 1.54) is 0 Å². The smallest absolute Gasteiger partial charge is 0.274 e. The molecule has 2 amide bonds. The molecule has 1 atom stereocenters. The van der Waals surface area contributed by atoms with E-state index in [0.717, 1.165) is 24.2 Å². The third kappa shape index (κ3) is 4.87. The molecule has 1 saturated heterocycles. The number of likely N-dealkylation sites (tertiary alicyclic amines) is 1. The van der Waals surface area contributed by atoms with Crippen molar-refractivity contribution in [3.63, 3.8) is 0 Å². The van der Waals surface area contributed by atoms with Crippen LogP contribution in [0.4, 0.5) is 0 Å². The van der Waals surface area contributed by atoms with Crippen molar-refractivity contribution in [1.82, 2.24) is 30.0 Å². The quantitative estimate of drug-likeness (QED) is 0.596. The highest BCUT2D eigenvalue weighted by molar-refractivity contribution is 5.96. The van der Waals surface area contributed by atoms with Crippen LogP contribution in [0.5, 0.6) is 5.75 Å². The first kappa shape index (κ1) is 22.4. The average molecular weight is 449 g/mol. The number of aryl methyl sites for hydroxylation is 2. The number of nitrogens with zero attached hydrogens (tertiary/aromatic N) is 5. The van der Waals surface area contributed by atoms with Crippen LogP contribution in [0.25, 0.3) is 0 Å².